The molecular weight excluding hydrogens is 292 g/mol. The molecule has 3 rings (SSSR count). The molecule has 1 heterocycles. The Morgan fingerprint density at radius 3 is 2.57 bits per heavy atom. The largest absolute Gasteiger partial charge is 0.469 e. The maximum absolute atomic E-state index is 11.8. The maximum Gasteiger partial charge on any atom is 0.227 e. The van der Waals surface area contributed by atoms with Crippen LogP contribution in [-0.4, -0.2) is 11.8 Å². The fourth-order valence-electron chi connectivity index (χ4n) is 2.28. The third-order valence-corrected chi connectivity index (χ3v) is 3.84. The van der Waals surface area contributed by atoms with Crippen molar-refractivity contribution >= 4 is 17.5 Å². The van der Waals surface area contributed by atoms with Gasteiger partial charge in [0.25, 0.3) is 0 Å². The number of benzene rings is 1. The second kappa shape index (κ2) is 7.13. The SMILES string of the molecule is O=C(CCc1ccco1)NCc1ccc(NC(=O)C2CC2)cc1. The minimum absolute atomic E-state index is 0.00693. The second-order valence-electron chi connectivity index (χ2n) is 5.82. The van der Waals surface area contributed by atoms with Crippen LogP contribution >= 0.6 is 0 Å². The summed E-state index contributed by atoms with van der Waals surface area (Å²) in [7, 11) is 0. The molecule has 0 saturated heterocycles. The van der Waals surface area contributed by atoms with E-state index in [2.05, 4.69) is 10.6 Å². The van der Waals surface area contributed by atoms with Crippen LogP contribution in [0.5, 0.6) is 0 Å². The number of hydrogen-bond donors (Lipinski definition) is 2. The van der Waals surface area contributed by atoms with Crippen molar-refractivity contribution in [3.63, 3.8) is 0 Å². The zero-order chi connectivity index (χ0) is 16.1. The number of amides is 2. The zero-order valence-corrected chi connectivity index (χ0v) is 12.9. The summed E-state index contributed by atoms with van der Waals surface area (Å²) in [4.78, 5) is 23.5. The molecule has 2 N–H and O–H groups in total. The molecular formula is C18H20N2O3. The van der Waals surface area contributed by atoms with E-state index in [0.717, 1.165) is 29.9 Å². The van der Waals surface area contributed by atoms with Crippen molar-refractivity contribution < 1.29 is 14.0 Å². The Balaban J connectivity index is 1.40. The average molecular weight is 312 g/mol. The average Bonchev–Trinajstić information content (AvgIpc) is 3.29. The molecule has 2 amide bonds. The van der Waals surface area contributed by atoms with Crippen LogP contribution in [0.2, 0.25) is 0 Å². The number of rotatable bonds is 7. The summed E-state index contributed by atoms with van der Waals surface area (Å²) < 4.78 is 5.20. The molecule has 1 aliphatic carbocycles. The lowest BCUT2D eigenvalue weighted by Crippen LogP contribution is -2.23. The van der Waals surface area contributed by atoms with E-state index >= 15 is 0 Å². The van der Waals surface area contributed by atoms with E-state index in [9.17, 15) is 9.59 Å². The normalized spacial score (nSPS) is 13.6. The van der Waals surface area contributed by atoms with Crippen molar-refractivity contribution in [2.24, 2.45) is 5.92 Å². The number of anilines is 1. The lowest BCUT2D eigenvalue weighted by atomic mass is 10.2. The minimum atomic E-state index is -0.00693. The molecule has 1 saturated carbocycles. The van der Waals surface area contributed by atoms with Crippen molar-refractivity contribution in [1.82, 2.24) is 5.32 Å². The molecule has 23 heavy (non-hydrogen) atoms. The van der Waals surface area contributed by atoms with Gasteiger partial charge in [-0.2, -0.15) is 0 Å². The van der Waals surface area contributed by atoms with Gasteiger partial charge < -0.3 is 15.1 Å². The van der Waals surface area contributed by atoms with E-state index in [4.69, 9.17) is 4.42 Å². The third-order valence-electron chi connectivity index (χ3n) is 3.84. The Labute approximate surface area is 135 Å². The van der Waals surface area contributed by atoms with Crippen molar-refractivity contribution in [3.05, 3.63) is 54.0 Å². The van der Waals surface area contributed by atoms with Gasteiger partial charge in [0.1, 0.15) is 5.76 Å². The predicted octanol–water partition coefficient (Wildman–Crippen LogP) is 2.88. The lowest BCUT2D eigenvalue weighted by Gasteiger charge is -2.07. The van der Waals surface area contributed by atoms with E-state index in [-0.39, 0.29) is 17.7 Å². The number of hydrogen-bond acceptors (Lipinski definition) is 3. The summed E-state index contributed by atoms with van der Waals surface area (Å²) in [5, 5.41) is 5.78. The van der Waals surface area contributed by atoms with Crippen molar-refractivity contribution in [1.29, 1.82) is 0 Å². The third kappa shape index (κ3) is 4.71. The summed E-state index contributed by atoms with van der Waals surface area (Å²) in [5.41, 5.74) is 1.80. The number of nitrogens with one attached hydrogen (secondary N) is 2. The van der Waals surface area contributed by atoms with Crippen LogP contribution in [0, 0.1) is 5.92 Å². The van der Waals surface area contributed by atoms with Gasteiger partial charge in [0.05, 0.1) is 6.26 Å². The summed E-state index contributed by atoms with van der Waals surface area (Å²) in [5.74, 6) is 1.11. The topological polar surface area (TPSA) is 71.3 Å². The van der Waals surface area contributed by atoms with Gasteiger partial charge in [-0.3, -0.25) is 9.59 Å². The summed E-state index contributed by atoms with van der Waals surface area (Å²) >= 11 is 0. The van der Waals surface area contributed by atoms with Crippen LogP contribution in [0.1, 0.15) is 30.6 Å². The molecule has 2 aromatic rings. The molecule has 0 atom stereocenters. The summed E-state index contributed by atoms with van der Waals surface area (Å²) in [6.45, 7) is 0.480. The van der Waals surface area contributed by atoms with Crippen molar-refractivity contribution in [3.8, 4) is 0 Å². The van der Waals surface area contributed by atoms with Crippen LogP contribution in [-0.2, 0) is 22.6 Å². The quantitative estimate of drug-likeness (QED) is 0.826. The lowest BCUT2D eigenvalue weighted by molar-refractivity contribution is -0.121. The van der Waals surface area contributed by atoms with Crippen LogP contribution in [0.25, 0.3) is 0 Å². The first-order valence-electron chi connectivity index (χ1n) is 7.89. The molecule has 5 nitrogen and oxygen atoms in total. The first-order valence-corrected chi connectivity index (χ1v) is 7.89. The predicted molar refractivity (Wildman–Crippen MR) is 86.7 cm³/mol. The van der Waals surface area contributed by atoms with Gasteiger partial charge in [-0.25, -0.2) is 0 Å². The van der Waals surface area contributed by atoms with Gasteiger partial charge in [0.2, 0.25) is 11.8 Å². The number of aryl methyl sites for hydroxylation is 1. The van der Waals surface area contributed by atoms with Crippen LogP contribution in [0.3, 0.4) is 0 Å². The molecule has 5 heteroatoms. The van der Waals surface area contributed by atoms with Crippen molar-refractivity contribution in [2.75, 3.05) is 5.32 Å². The first-order chi connectivity index (χ1) is 11.2. The van der Waals surface area contributed by atoms with Gasteiger partial charge in [-0.05, 0) is 42.7 Å². The van der Waals surface area contributed by atoms with Crippen molar-refractivity contribution in [2.45, 2.75) is 32.2 Å². The van der Waals surface area contributed by atoms with E-state index in [0.29, 0.717) is 19.4 Å². The molecule has 0 unspecified atom stereocenters. The fraction of sp³-hybridized carbons (Fsp3) is 0.333. The minimum Gasteiger partial charge on any atom is -0.469 e. The molecule has 0 radical (unpaired) electrons. The summed E-state index contributed by atoms with van der Waals surface area (Å²) in [6.07, 6.45) is 4.60. The highest BCUT2D eigenvalue weighted by Crippen LogP contribution is 2.30. The van der Waals surface area contributed by atoms with Crippen LogP contribution in [0.4, 0.5) is 5.69 Å². The van der Waals surface area contributed by atoms with Gasteiger partial charge in [0, 0.05) is 31.0 Å². The second-order valence-corrected chi connectivity index (χ2v) is 5.82. The Morgan fingerprint density at radius 2 is 1.91 bits per heavy atom. The fourth-order valence-corrected chi connectivity index (χ4v) is 2.28. The molecule has 1 aliphatic rings. The Kier molecular flexibility index (Phi) is 4.76. The Hall–Kier alpha value is -2.56. The van der Waals surface area contributed by atoms with E-state index in [1.807, 2.05) is 36.4 Å². The van der Waals surface area contributed by atoms with Gasteiger partial charge in [-0.15, -0.1) is 0 Å². The highest BCUT2D eigenvalue weighted by atomic mass is 16.3. The van der Waals surface area contributed by atoms with E-state index in [1.165, 1.54) is 0 Å². The highest BCUT2D eigenvalue weighted by molar-refractivity contribution is 5.94. The number of carbonyl (C=O) groups is 2. The molecule has 0 spiro atoms. The van der Waals surface area contributed by atoms with Crippen LogP contribution in [0.15, 0.2) is 47.1 Å². The molecule has 0 aliphatic heterocycles. The Morgan fingerprint density at radius 1 is 1.13 bits per heavy atom. The summed E-state index contributed by atoms with van der Waals surface area (Å²) in [6, 6.07) is 11.2. The monoisotopic (exact) mass is 312 g/mol. The van der Waals surface area contributed by atoms with Gasteiger partial charge in [-0.1, -0.05) is 12.1 Å². The number of furan rings is 1. The molecule has 1 aromatic carbocycles. The first kappa shape index (κ1) is 15.3. The van der Waals surface area contributed by atoms with Gasteiger partial charge in [0.15, 0.2) is 0 Å². The van der Waals surface area contributed by atoms with E-state index < -0.39 is 0 Å². The Bertz CT molecular complexity index is 658. The smallest absolute Gasteiger partial charge is 0.227 e. The zero-order valence-electron chi connectivity index (χ0n) is 12.9. The van der Waals surface area contributed by atoms with Gasteiger partial charge >= 0.3 is 0 Å². The maximum atomic E-state index is 11.8. The number of carbonyl (C=O) groups excluding carboxylic acids is 2. The molecule has 1 aromatic heterocycles. The van der Waals surface area contributed by atoms with Crippen LogP contribution < -0.4 is 10.6 Å². The molecule has 0 bridgehead atoms. The highest BCUT2D eigenvalue weighted by Gasteiger charge is 2.29. The van der Waals surface area contributed by atoms with E-state index in [1.54, 1.807) is 6.26 Å². The standard InChI is InChI=1S/C18H20N2O3/c21-17(10-9-16-2-1-11-23-16)19-12-13-3-7-15(8-4-13)20-18(22)14-5-6-14/h1-4,7-8,11,14H,5-6,9-10,12H2,(H,19,21)(H,20,22). The molecule has 1 fully saturated rings. The molecule has 120 valence electrons.